The van der Waals surface area contributed by atoms with E-state index in [9.17, 15) is 4.79 Å². The quantitative estimate of drug-likeness (QED) is 0.810. The van der Waals surface area contributed by atoms with E-state index in [1.807, 2.05) is 18.2 Å². The minimum absolute atomic E-state index is 0.278. The van der Waals surface area contributed by atoms with E-state index in [-0.39, 0.29) is 6.04 Å². The lowest BCUT2D eigenvalue weighted by atomic mass is 10.1. The molecule has 20 heavy (non-hydrogen) atoms. The number of benzene rings is 1. The second kappa shape index (κ2) is 7.30. The lowest BCUT2D eigenvalue weighted by Gasteiger charge is -2.20. The second-order valence-corrected chi connectivity index (χ2v) is 6.05. The smallest absolute Gasteiger partial charge is 0.320 e. The summed E-state index contributed by atoms with van der Waals surface area (Å²) in [6.07, 6.45) is 4.75. The molecule has 0 bridgehead atoms. The summed E-state index contributed by atoms with van der Waals surface area (Å²) in [5.41, 5.74) is 1.18. The number of carboxylic acid groups (broad SMARTS) is 1. The summed E-state index contributed by atoms with van der Waals surface area (Å²) in [5.74, 6) is -0.688. The van der Waals surface area contributed by atoms with E-state index >= 15 is 0 Å². The zero-order valence-corrected chi connectivity index (χ0v) is 12.8. The van der Waals surface area contributed by atoms with E-state index in [1.165, 1.54) is 5.56 Å². The van der Waals surface area contributed by atoms with Gasteiger partial charge in [-0.15, -0.1) is 0 Å². The van der Waals surface area contributed by atoms with E-state index in [2.05, 4.69) is 4.90 Å². The van der Waals surface area contributed by atoms with Crippen LogP contribution in [0.5, 0.6) is 0 Å². The number of hydrogen-bond donors (Lipinski definition) is 1. The number of halogens is 2. The van der Waals surface area contributed by atoms with Crippen LogP contribution in [0.15, 0.2) is 18.2 Å². The van der Waals surface area contributed by atoms with Gasteiger partial charge in [-0.25, -0.2) is 0 Å². The Bertz CT molecular complexity index is 479. The highest BCUT2D eigenvalue weighted by Gasteiger charge is 2.29. The van der Waals surface area contributed by atoms with Gasteiger partial charge < -0.3 is 5.11 Å². The van der Waals surface area contributed by atoms with Crippen molar-refractivity contribution in [2.75, 3.05) is 13.1 Å². The second-order valence-electron chi connectivity index (χ2n) is 5.24. The van der Waals surface area contributed by atoms with Gasteiger partial charge in [0.05, 0.1) is 10.0 Å². The molecule has 1 N–H and O–H groups in total. The number of aryl methyl sites for hydroxylation is 1. The van der Waals surface area contributed by atoms with Crippen molar-refractivity contribution in [2.24, 2.45) is 0 Å². The van der Waals surface area contributed by atoms with Gasteiger partial charge in [0.1, 0.15) is 6.04 Å². The van der Waals surface area contributed by atoms with Crippen molar-refractivity contribution in [1.29, 1.82) is 0 Å². The maximum atomic E-state index is 11.1. The van der Waals surface area contributed by atoms with Crippen LogP contribution in [-0.2, 0) is 11.2 Å². The minimum atomic E-state index is -0.688. The Morgan fingerprint density at radius 2 is 2.10 bits per heavy atom. The molecule has 3 nitrogen and oxygen atoms in total. The van der Waals surface area contributed by atoms with Crippen LogP contribution in [0, 0.1) is 0 Å². The molecule has 1 fully saturated rings. The standard InChI is InChI=1S/C15H19Cl2NO2/c16-12-7-6-11(10-13(12)17)4-1-2-8-18-9-3-5-14(18)15(19)20/h6-7,10,14H,1-5,8-9H2,(H,19,20). The minimum Gasteiger partial charge on any atom is -0.480 e. The normalized spacial score (nSPS) is 19.4. The predicted molar refractivity (Wildman–Crippen MR) is 81.6 cm³/mol. The Morgan fingerprint density at radius 1 is 1.30 bits per heavy atom. The number of likely N-dealkylation sites (tertiary alicyclic amines) is 1. The van der Waals surface area contributed by atoms with Crippen molar-refractivity contribution < 1.29 is 9.90 Å². The third kappa shape index (κ3) is 4.11. The molecule has 5 heteroatoms. The van der Waals surface area contributed by atoms with Crippen LogP contribution in [0.3, 0.4) is 0 Å². The number of carbonyl (C=O) groups is 1. The summed E-state index contributed by atoms with van der Waals surface area (Å²) in [4.78, 5) is 13.1. The maximum absolute atomic E-state index is 11.1. The van der Waals surface area contributed by atoms with Gasteiger partial charge in [0.2, 0.25) is 0 Å². The SMILES string of the molecule is O=C(O)C1CCCN1CCCCc1ccc(Cl)c(Cl)c1. The van der Waals surface area contributed by atoms with Crippen molar-refractivity contribution in [3.63, 3.8) is 0 Å². The maximum Gasteiger partial charge on any atom is 0.320 e. The fourth-order valence-corrected chi connectivity index (χ4v) is 3.03. The van der Waals surface area contributed by atoms with E-state index < -0.39 is 5.97 Å². The molecule has 0 radical (unpaired) electrons. The highest BCUT2D eigenvalue weighted by molar-refractivity contribution is 6.42. The number of carboxylic acids is 1. The topological polar surface area (TPSA) is 40.5 Å². The molecule has 1 aromatic rings. The van der Waals surface area contributed by atoms with Crippen LogP contribution in [0.25, 0.3) is 0 Å². The molecule has 1 aliphatic rings. The summed E-state index contributed by atoms with van der Waals surface area (Å²) < 4.78 is 0. The molecule has 0 aromatic heterocycles. The Balaban J connectivity index is 1.73. The first-order valence-electron chi connectivity index (χ1n) is 6.98. The summed E-state index contributed by atoms with van der Waals surface area (Å²) in [6.45, 7) is 1.77. The van der Waals surface area contributed by atoms with Crippen LogP contribution in [0.2, 0.25) is 10.0 Å². The average Bonchev–Trinajstić information content (AvgIpc) is 2.87. The van der Waals surface area contributed by atoms with Gasteiger partial charge in [-0.1, -0.05) is 29.3 Å². The third-order valence-electron chi connectivity index (χ3n) is 3.79. The van der Waals surface area contributed by atoms with Gasteiger partial charge in [0.15, 0.2) is 0 Å². The van der Waals surface area contributed by atoms with Crippen LogP contribution >= 0.6 is 23.2 Å². The van der Waals surface area contributed by atoms with E-state index in [0.29, 0.717) is 10.0 Å². The van der Waals surface area contributed by atoms with Crippen LogP contribution in [0.1, 0.15) is 31.2 Å². The lowest BCUT2D eigenvalue weighted by Crippen LogP contribution is -2.36. The Morgan fingerprint density at radius 3 is 2.80 bits per heavy atom. The number of aliphatic carboxylic acids is 1. The summed E-state index contributed by atoms with van der Waals surface area (Å²) >= 11 is 11.9. The Labute approximate surface area is 129 Å². The molecule has 0 amide bonds. The fourth-order valence-electron chi connectivity index (χ4n) is 2.71. The average molecular weight is 316 g/mol. The van der Waals surface area contributed by atoms with Crippen molar-refractivity contribution >= 4 is 29.2 Å². The third-order valence-corrected chi connectivity index (χ3v) is 4.53. The van der Waals surface area contributed by atoms with Gasteiger partial charge >= 0.3 is 5.97 Å². The Hall–Kier alpha value is -0.770. The zero-order valence-electron chi connectivity index (χ0n) is 11.3. The van der Waals surface area contributed by atoms with Crippen molar-refractivity contribution in [1.82, 2.24) is 4.90 Å². The van der Waals surface area contributed by atoms with E-state index in [4.69, 9.17) is 28.3 Å². The predicted octanol–water partition coefficient (Wildman–Crippen LogP) is 3.87. The Kier molecular flexibility index (Phi) is 5.70. The molecule has 110 valence electrons. The molecular weight excluding hydrogens is 297 g/mol. The van der Waals surface area contributed by atoms with Gasteiger partial charge in [-0.3, -0.25) is 9.69 Å². The zero-order chi connectivity index (χ0) is 14.5. The molecule has 0 saturated carbocycles. The van der Waals surface area contributed by atoms with Crippen LogP contribution in [-0.4, -0.2) is 35.1 Å². The van der Waals surface area contributed by atoms with Crippen LogP contribution < -0.4 is 0 Å². The molecule has 0 spiro atoms. The highest BCUT2D eigenvalue weighted by Crippen LogP contribution is 2.23. The first-order chi connectivity index (χ1) is 9.58. The number of hydrogen-bond acceptors (Lipinski definition) is 2. The van der Waals surface area contributed by atoms with Crippen molar-refractivity contribution in [2.45, 2.75) is 38.1 Å². The lowest BCUT2D eigenvalue weighted by molar-refractivity contribution is -0.142. The summed E-state index contributed by atoms with van der Waals surface area (Å²) in [7, 11) is 0. The molecule has 1 atom stereocenters. The summed E-state index contributed by atoms with van der Waals surface area (Å²) in [5, 5.41) is 10.3. The van der Waals surface area contributed by atoms with Crippen molar-refractivity contribution in [3.8, 4) is 0 Å². The molecule has 2 rings (SSSR count). The summed E-state index contributed by atoms with van der Waals surface area (Å²) in [6, 6.07) is 5.43. The first kappa shape index (κ1) is 15.6. The van der Waals surface area contributed by atoms with Gasteiger partial charge in [0.25, 0.3) is 0 Å². The highest BCUT2D eigenvalue weighted by atomic mass is 35.5. The van der Waals surface area contributed by atoms with Gasteiger partial charge in [0, 0.05) is 0 Å². The largest absolute Gasteiger partial charge is 0.480 e. The first-order valence-corrected chi connectivity index (χ1v) is 7.74. The number of rotatable bonds is 6. The number of nitrogens with zero attached hydrogens (tertiary/aromatic N) is 1. The molecule has 1 unspecified atom stereocenters. The monoisotopic (exact) mass is 315 g/mol. The molecular formula is C15H19Cl2NO2. The number of unbranched alkanes of at least 4 members (excludes halogenated alkanes) is 1. The van der Waals surface area contributed by atoms with E-state index in [0.717, 1.165) is 45.2 Å². The molecule has 1 saturated heterocycles. The van der Waals surface area contributed by atoms with Gasteiger partial charge in [-0.2, -0.15) is 0 Å². The molecule has 1 aromatic carbocycles. The van der Waals surface area contributed by atoms with Crippen molar-refractivity contribution in [3.05, 3.63) is 33.8 Å². The van der Waals surface area contributed by atoms with E-state index in [1.54, 1.807) is 0 Å². The molecule has 0 aliphatic carbocycles. The van der Waals surface area contributed by atoms with Crippen LogP contribution in [0.4, 0.5) is 0 Å². The fraction of sp³-hybridized carbons (Fsp3) is 0.533. The molecule has 1 aliphatic heterocycles. The van der Waals surface area contributed by atoms with Gasteiger partial charge in [-0.05, 0) is 62.9 Å². The molecule has 1 heterocycles.